The summed E-state index contributed by atoms with van der Waals surface area (Å²) in [7, 11) is 0. The first-order valence-electron chi connectivity index (χ1n) is 5.93. The molecule has 5 N–H and O–H groups in total. The molecule has 1 aromatic rings. The first-order valence-corrected chi connectivity index (χ1v) is 5.93. The number of benzene rings is 1. The number of aliphatic carboxylic acids is 1. The van der Waals surface area contributed by atoms with Crippen LogP contribution < -0.4 is 11.1 Å². The van der Waals surface area contributed by atoms with Gasteiger partial charge in [-0.05, 0) is 31.0 Å². The molecule has 7 nitrogen and oxygen atoms in total. The number of primary amides is 1. The van der Waals surface area contributed by atoms with E-state index in [1.54, 1.807) is 13.0 Å². The number of carboxylic acids is 1. The second kappa shape index (κ2) is 6.55. The predicted molar refractivity (Wildman–Crippen MR) is 70.2 cm³/mol. The zero-order valence-corrected chi connectivity index (χ0v) is 10.9. The first kappa shape index (κ1) is 15.5. The number of carbonyl (C=O) groups is 3. The Hall–Kier alpha value is -2.57. The van der Waals surface area contributed by atoms with E-state index >= 15 is 0 Å². The van der Waals surface area contributed by atoms with Gasteiger partial charge in [-0.25, -0.2) is 4.79 Å². The van der Waals surface area contributed by atoms with Gasteiger partial charge in [-0.2, -0.15) is 0 Å². The van der Waals surface area contributed by atoms with E-state index in [0.29, 0.717) is 5.56 Å². The number of nitrogens with two attached hydrogens (primary N) is 1. The lowest BCUT2D eigenvalue weighted by molar-refractivity contribution is -0.139. The van der Waals surface area contributed by atoms with Gasteiger partial charge < -0.3 is 21.3 Å². The molecule has 0 aliphatic heterocycles. The summed E-state index contributed by atoms with van der Waals surface area (Å²) in [5.74, 6) is -2.59. The zero-order valence-electron chi connectivity index (χ0n) is 10.9. The molecule has 0 spiro atoms. The topological polar surface area (TPSA) is 130 Å². The zero-order chi connectivity index (χ0) is 15.3. The number of phenolic OH excluding ortho intramolecular Hbond substituents is 1. The van der Waals surface area contributed by atoms with Gasteiger partial charge in [-0.15, -0.1) is 0 Å². The third-order valence-corrected chi connectivity index (χ3v) is 2.75. The Kier molecular flexibility index (Phi) is 5.08. The molecule has 1 rings (SSSR count). The predicted octanol–water partition coefficient (Wildman–Crippen LogP) is 0.149. The molecule has 0 saturated carbocycles. The van der Waals surface area contributed by atoms with Gasteiger partial charge in [0.2, 0.25) is 5.91 Å². The molecule has 1 atom stereocenters. The quantitative estimate of drug-likeness (QED) is 0.589. The maximum absolute atomic E-state index is 11.9. The molecule has 0 bridgehead atoms. The van der Waals surface area contributed by atoms with Gasteiger partial charge in [0, 0.05) is 12.0 Å². The van der Waals surface area contributed by atoms with Crippen LogP contribution in [0.1, 0.15) is 28.8 Å². The van der Waals surface area contributed by atoms with Gasteiger partial charge in [0.15, 0.2) is 0 Å². The molecular formula is C13H16N2O5. The van der Waals surface area contributed by atoms with E-state index in [4.69, 9.17) is 10.8 Å². The van der Waals surface area contributed by atoms with Crippen molar-refractivity contribution in [1.29, 1.82) is 0 Å². The van der Waals surface area contributed by atoms with Gasteiger partial charge >= 0.3 is 5.97 Å². The van der Waals surface area contributed by atoms with Crippen molar-refractivity contribution in [2.45, 2.75) is 25.8 Å². The van der Waals surface area contributed by atoms with Crippen LogP contribution in [0.5, 0.6) is 5.75 Å². The number of aromatic hydroxyl groups is 1. The first-order chi connectivity index (χ1) is 9.31. The largest absolute Gasteiger partial charge is 0.508 e. The number of amides is 2. The number of carbonyl (C=O) groups excluding carboxylic acids is 2. The van der Waals surface area contributed by atoms with Crippen LogP contribution in [0.2, 0.25) is 0 Å². The molecule has 2 amide bonds. The monoisotopic (exact) mass is 280 g/mol. The van der Waals surface area contributed by atoms with Crippen LogP contribution in [0.15, 0.2) is 18.2 Å². The summed E-state index contributed by atoms with van der Waals surface area (Å²) in [6.07, 6.45) is -0.232. The fourth-order valence-electron chi connectivity index (χ4n) is 1.54. The third-order valence-electron chi connectivity index (χ3n) is 2.75. The minimum atomic E-state index is -1.25. The Morgan fingerprint density at radius 2 is 2.00 bits per heavy atom. The summed E-state index contributed by atoms with van der Waals surface area (Å²) in [5.41, 5.74) is 5.68. The number of nitrogens with one attached hydrogen (secondary N) is 1. The number of hydrogen-bond acceptors (Lipinski definition) is 4. The van der Waals surface area contributed by atoms with Gasteiger partial charge in [0.25, 0.3) is 5.91 Å². The summed E-state index contributed by atoms with van der Waals surface area (Å²) >= 11 is 0. The van der Waals surface area contributed by atoms with Crippen molar-refractivity contribution >= 4 is 17.8 Å². The van der Waals surface area contributed by atoms with Crippen LogP contribution in [-0.4, -0.2) is 34.0 Å². The SMILES string of the molecule is Cc1ccc(C(=O)NC(CCC(N)=O)C(=O)O)cc1O. The van der Waals surface area contributed by atoms with E-state index in [0.717, 1.165) is 0 Å². The number of aryl methyl sites for hydroxylation is 1. The standard InChI is InChI=1S/C13H16N2O5/c1-7-2-3-8(6-10(7)16)12(18)15-9(13(19)20)4-5-11(14)17/h2-3,6,9,16H,4-5H2,1H3,(H2,14,17)(H,15,18)(H,19,20). The number of hydrogen-bond donors (Lipinski definition) is 4. The van der Waals surface area contributed by atoms with E-state index in [1.165, 1.54) is 12.1 Å². The van der Waals surface area contributed by atoms with E-state index < -0.39 is 23.8 Å². The summed E-state index contributed by atoms with van der Waals surface area (Å²) < 4.78 is 0. The lowest BCUT2D eigenvalue weighted by Gasteiger charge is -2.14. The second-order valence-electron chi connectivity index (χ2n) is 4.37. The fourth-order valence-corrected chi connectivity index (χ4v) is 1.54. The molecule has 0 saturated heterocycles. The Labute approximate surface area is 115 Å². The third kappa shape index (κ3) is 4.27. The lowest BCUT2D eigenvalue weighted by atomic mass is 10.1. The molecule has 0 fully saturated rings. The van der Waals surface area contributed by atoms with Crippen molar-refractivity contribution in [3.8, 4) is 5.75 Å². The maximum atomic E-state index is 11.9. The molecule has 0 aliphatic rings. The minimum Gasteiger partial charge on any atom is -0.508 e. The summed E-state index contributed by atoms with van der Waals surface area (Å²) in [6, 6.07) is 3.05. The van der Waals surface area contributed by atoms with E-state index in [9.17, 15) is 19.5 Å². The average molecular weight is 280 g/mol. The highest BCUT2D eigenvalue weighted by molar-refractivity contribution is 5.97. The molecule has 108 valence electrons. The van der Waals surface area contributed by atoms with Crippen LogP contribution in [-0.2, 0) is 9.59 Å². The molecule has 1 unspecified atom stereocenters. The van der Waals surface area contributed by atoms with Crippen LogP contribution >= 0.6 is 0 Å². The Morgan fingerprint density at radius 3 is 2.50 bits per heavy atom. The Morgan fingerprint density at radius 1 is 1.35 bits per heavy atom. The lowest BCUT2D eigenvalue weighted by Crippen LogP contribution is -2.41. The normalized spacial score (nSPS) is 11.7. The Balaban J connectivity index is 2.77. The van der Waals surface area contributed by atoms with Crippen molar-refractivity contribution in [1.82, 2.24) is 5.32 Å². The fraction of sp³-hybridized carbons (Fsp3) is 0.308. The number of carboxylic acid groups (broad SMARTS) is 1. The van der Waals surface area contributed by atoms with Crippen molar-refractivity contribution in [3.05, 3.63) is 29.3 Å². The summed E-state index contributed by atoms with van der Waals surface area (Å²) in [5, 5.41) is 20.8. The van der Waals surface area contributed by atoms with Crippen molar-refractivity contribution in [2.24, 2.45) is 5.73 Å². The van der Waals surface area contributed by atoms with E-state index in [2.05, 4.69) is 5.32 Å². The molecule has 7 heteroatoms. The van der Waals surface area contributed by atoms with Crippen LogP contribution in [0.4, 0.5) is 0 Å². The molecule has 0 radical (unpaired) electrons. The molecule has 1 aromatic carbocycles. The van der Waals surface area contributed by atoms with Crippen LogP contribution in [0.25, 0.3) is 0 Å². The minimum absolute atomic E-state index is 0.0540. The molecule has 20 heavy (non-hydrogen) atoms. The van der Waals surface area contributed by atoms with Gasteiger partial charge in [0.05, 0.1) is 0 Å². The highest BCUT2D eigenvalue weighted by Gasteiger charge is 2.21. The maximum Gasteiger partial charge on any atom is 0.326 e. The molecule has 0 heterocycles. The van der Waals surface area contributed by atoms with Crippen LogP contribution in [0.3, 0.4) is 0 Å². The second-order valence-corrected chi connectivity index (χ2v) is 4.37. The van der Waals surface area contributed by atoms with Gasteiger partial charge in [0.1, 0.15) is 11.8 Å². The molecule has 0 aliphatic carbocycles. The van der Waals surface area contributed by atoms with E-state index in [1.807, 2.05) is 0 Å². The van der Waals surface area contributed by atoms with Gasteiger partial charge in [-0.1, -0.05) is 6.07 Å². The summed E-state index contributed by atoms with van der Waals surface area (Å²) in [6.45, 7) is 1.67. The average Bonchev–Trinajstić information content (AvgIpc) is 2.36. The smallest absolute Gasteiger partial charge is 0.326 e. The van der Waals surface area contributed by atoms with Crippen LogP contribution in [0, 0.1) is 6.92 Å². The molecular weight excluding hydrogens is 264 g/mol. The van der Waals surface area contributed by atoms with Crippen molar-refractivity contribution in [2.75, 3.05) is 0 Å². The molecule has 0 aromatic heterocycles. The highest BCUT2D eigenvalue weighted by Crippen LogP contribution is 2.17. The number of phenols is 1. The number of rotatable bonds is 6. The Bertz CT molecular complexity index is 542. The van der Waals surface area contributed by atoms with E-state index in [-0.39, 0.29) is 24.2 Å². The highest BCUT2D eigenvalue weighted by atomic mass is 16.4. The summed E-state index contributed by atoms with van der Waals surface area (Å²) in [4.78, 5) is 33.5. The van der Waals surface area contributed by atoms with Gasteiger partial charge in [-0.3, -0.25) is 9.59 Å². The van der Waals surface area contributed by atoms with Crippen molar-refractivity contribution < 1.29 is 24.6 Å². The van der Waals surface area contributed by atoms with Crippen molar-refractivity contribution in [3.63, 3.8) is 0 Å².